The second-order valence-corrected chi connectivity index (χ2v) is 13.1. The molecule has 3 N–H and O–H groups in total. The van der Waals surface area contributed by atoms with E-state index in [1.54, 1.807) is 0 Å². The summed E-state index contributed by atoms with van der Waals surface area (Å²) in [5.41, 5.74) is 0. The van der Waals surface area contributed by atoms with Crippen LogP contribution in [0.15, 0.2) is 0 Å². The first kappa shape index (κ1) is 23.7. The van der Waals surface area contributed by atoms with Gasteiger partial charge in [0.15, 0.2) is 22.6 Å². The van der Waals surface area contributed by atoms with E-state index < -0.39 is 84.9 Å². The lowest BCUT2D eigenvalue weighted by atomic mass is 9.85. The molecule has 0 bridgehead atoms. The predicted octanol–water partition coefficient (Wildman–Crippen LogP) is 1.68. The van der Waals surface area contributed by atoms with Gasteiger partial charge in [0.2, 0.25) is 0 Å². The lowest BCUT2D eigenvalue weighted by Gasteiger charge is -2.40. The van der Waals surface area contributed by atoms with Crippen LogP contribution in [-0.4, -0.2) is 51.3 Å². The molecule has 18 nitrogen and oxygen atoms in total. The van der Waals surface area contributed by atoms with Crippen molar-refractivity contribution in [3.05, 3.63) is 0 Å². The summed E-state index contributed by atoms with van der Waals surface area (Å²) in [6.45, 7) is 0. The SMILES string of the molecule is O=[P+]1OC2C(O[P+](=O)O1)C1OP(=O)(O)OP(=O)(O)OC1C1OP(=O)(O)O[P+](=O)OC21. The summed E-state index contributed by atoms with van der Waals surface area (Å²) in [5.74, 6) is 0. The Labute approximate surface area is 167 Å². The molecule has 0 amide bonds. The minimum Gasteiger partial charge on any atom is -0.302 e. The van der Waals surface area contributed by atoms with Crippen LogP contribution in [0.1, 0.15) is 0 Å². The van der Waals surface area contributed by atoms with E-state index in [1.807, 2.05) is 0 Å². The minimum absolute atomic E-state index is 1.80. The van der Waals surface area contributed by atoms with E-state index in [9.17, 15) is 42.1 Å². The molecule has 0 radical (unpaired) electrons. The summed E-state index contributed by atoms with van der Waals surface area (Å²) in [6, 6.07) is 0. The fourth-order valence-corrected chi connectivity index (χ4v) is 9.02. The lowest BCUT2D eigenvalue weighted by molar-refractivity contribution is -0.179. The van der Waals surface area contributed by atoms with Gasteiger partial charge in [-0.1, -0.05) is 0 Å². The van der Waals surface area contributed by atoms with Crippen molar-refractivity contribution in [1.29, 1.82) is 0 Å². The zero-order valence-corrected chi connectivity index (χ0v) is 19.0. The summed E-state index contributed by atoms with van der Waals surface area (Å²) in [4.78, 5) is 29.1. The maximum atomic E-state index is 12.0. The van der Waals surface area contributed by atoms with Crippen molar-refractivity contribution >= 4 is 48.2 Å². The van der Waals surface area contributed by atoms with Crippen LogP contribution in [0.3, 0.4) is 0 Å². The molecule has 0 aromatic carbocycles. The van der Waals surface area contributed by atoms with Gasteiger partial charge in [0.25, 0.3) is 0 Å². The van der Waals surface area contributed by atoms with Crippen molar-refractivity contribution in [2.45, 2.75) is 36.6 Å². The fourth-order valence-electron chi connectivity index (χ4n) is 2.99. The summed E-state index contributed by atoms with van der Waals surface area (Å²) >= 11 is 0. The quantitative estimate of drug-likeness (QED) is 0.360. The number of phosphoric acid groups is 3. The molecule has 24 heteroatoms. The maximum Gasteiger partial charge on any atom is 0.748 e. The van der Waals surface area contributed by atoms with Gasteiger partial charge in [-0.3, -0.25) is 18.5 Å². The molecule has 30 heavy (non-hydrogen) atoms. The molecule has 0 spiro atoms. The van der Waals surface area contributed by atoms with E-state index in [2.05, 4.69) is 12.9 Å². The first-order valence-corrected chi connectivity index (χ1v) is 15.1. The number of rotatable bonds is 0. The van der Waals surface area contributed by atoms with Crippen molar-refractivity contribution < 1.29 is 82.1 Å². The Hall–Kier alpha value is 0.510. The molecule has 3 heterocycles. The van der Waals surface area contributed by atoms with Crippen LogP contribution in [0, 0.1) is 0 Å². The molecule has 4 fully saturated rings. The second-order valence-electron chi connectivity index (χ2n) is 5.74. The molecule has 4 rings (SSSR count). The topological polar surface area (TPSA) is 246 Å². The molecule has 1 saturated carbocycles. The van der Waals surface area contributed by atoms with Crippen molar-refractivity contribution in [2.24, 2.45) is 0 Å². The Morgan fingerprint density at radius 3 is 1.43 bits per heavy atom. The van der Waals surface area contributed by atoms with Gasteiger partial charge in [-0.25, -0.2) is 13.7 Å². The molecule has 3 aliphatic heterocycles. The molecular weight excluding hydrogens is 546 g/mol. The fraction of sp³-hybridized carbons (Fsp3) is 1.00. The Bertz CT molecular complexity index is 937. The first-order valence-electron chi connectivity index (χ1n) is 7.30. The van der Waals surface area contributed by atoms with Gasteiger partial charge in [-0.05, 0) is 4.31 Å². The van der Waals surface area contributed by atoms with Crippen LogP contribution in [0.25, 0.3) is 0 Å². The number of hydrogen-bond acceptors (Lipinski definition) is 15. The first-order chi connectivity index (χ1) is 13.8. The third kappa shape index (κ3) is 4.88. The standard InChI is InChI=1S/C6H6O18P6/c7-25-16-1-2(17-26(8)22-25)5-6(21-30(14,15)24-29(12,13)20-5)4-3(1)18-27(9)23-28(10,11)19-4/h1-6H/p+3. The highest BCUT2D eigenvalue weighted by Gasteiger charge is 2.71. The average molecular weight is 555 g/mol. The lowest BCUT2D eigenvalue weighted by Crippen LogP contribution is -2.65. The Kier molecular flexibility index (Phi) is 6.37. The normalized spacial score (nSPS) is 55.9. The van der Waals surface area contributed by atoms with Gasteiger partial charge in [0, 0.05) is 13.7 Å². The highest BCUT2D eigenvalue weighted by atomic mass is 31.3. The largest absolute Gasteiger partial charge is 0.748 e. The molecule has 4 aliphatic rings. The van der Waals surface area contributed by atoms with Gasteiger partial charge >= 0.3 is 48.2 Å². The predicted molar refractivity (Wildman–Crippen MR) is 84.8 cm³/mol. The van der Waals surface area contributed by atoms with E-state index >= 15 is 0 Å². The van der Waals surface area contributed by atoms with Crippen molar-refractivity contribution in [3.8, 4) is 0 Å². The van der Waals surface area contributed by atoms with Crippen molar-refractivity contribution in [2.75, 3.05) is 0 Å². The molecular formula is C6H9O18P6+3. The van der Waals surface area contributed by atoms with Crippen LogP contribution in [0.5, 0.6) is 0 Å². The third-order valence-electron chi connectivity index (χ3n) is 3.84. The minimum atomic E-state index is -5.38. The van der Waals surface area contributed by atoms with Crippen LogP contribution >= 0.6 is 48.2 Å². The molecule has 0 aromatic rings. The number of fused-ring (bicyclic) bond motifs is 6. The molecule has 1 aliphatic carbocycles. The Morgan fingerprint density at radius 1 is 0.567 bits per heavy atom. The molecule has 168 valence electrons. The van der Waals surface area contributed by atoms with Crippen molar-refractivity contribution in [1.82, 2.24) is 0 Å². The molecule has 3 saturated heterocycles. The molecule has 12 unspecified atom stereocenters. The van der Waals surface area contributed by atoms with E-state index in [4.69, 9.17) is 27.1 Å². The summed E-state index contributed by atoms with van der Waals surface area (Å²) in [7, 11) is -25.7. The zero-order chi connectivity index (χ0) is 22.1. The van der Waals surface area contributed by atoms with E-state index in [0.717, 1.165) is 0 Å². The van der Waals surface area contributed by atoms with Gasteiger partial charge in [0.05, 0.1) is 0 Å². The van der Waals surface area contributed by atoms with Gasteiger partial charge in [-0.2, -0.15) is 4.31 Å². The maximum absolute atomic E-state index is 12.0. The summed E-state index contributed by atoms with van der Waals surface area (Å²) < 4.78 is 113. The second kappa shape index (κ2) is 8.07. The third-order valence-corrected chi connectivity index (χ3v) is 10.7. The highest BCUT2D eigenvalue weighted by Crippen LogP contribution is 2.68. The average Bonchev–Trinajstić information content (AvgIpc) is 2.81. The van der Waals surface area contributed by atoms with E-state index in [0.29, 0.717) is 0 Å². The number of hydrogen-bond donors (Lipinski definition) is 3. The summed E-state index contributed by atoms with van der Waals surface area (Å²) in [6.07, 6.45) is -11.7. The monoisotopic (exact) mass is 555 g/mol. The van der Waals surface area contributed by atoms with Gasteiger partial charge in [0.1, 0.15) is 18.3 Å². The summed E-state index contributed by atoms with van der Waals surface area (Å²) in [5, 5.41) is 0. The van der Waals surface area contributed by atoms with Gasteiger partial charge < -0.3 is 9.79 Å². The van der Waals surface area contributed by atoms with Crippen LogP contribution < -0.4 is 0 Å². The molecule has 0 aromatic heterocycles. The highest BCUT2D eigenvalue weighted by molar-refractivity contribution is 7.61. The van der Waals surface area contributed by atoms with E-state index in [1.165, 1.54) is 0 Å². The van der Waals surface area contributed by atoms with Crippen LogP contribution in [0.4, 0.5) is 0 Å². The zero-order valence-electron chi connectivity index (χ0n) is 13.6. The van der Waals surface area contributed by atoms with Crippen LogP contribution in [-0.2, 0) is 67.5 Å². The van der Waals surface area contributed by atoms with E-state index in [-0.39, 0.29) is 0 Å². The number of phosphoric ester groups is 3. The Morgan fingerprint density at radius 2 is 0.933 bits per heavy atom. The van der Waals surface area contributed by atoms with Crippen LogP contribution in [0.2, 0.25) is 0 Å². The smallest absolute Gasteiger partial charge is 0.302 e. The Balaban J connectivity index is 1.86. The van der Waals surface area contributed by atoms with Gasteiger partial charge in [-0.15, -0.1) is 13.6 Å². The molecule has 12 atom stereocenters. The van der Waals surface area contributed by atoms with Crippen molar-refractivity contribution in [3.63, 3.8) is 0 Å².